The Labute approximate surface area is 109 Å². The van der Waals surface area contributed by atoms with Crippen molar-refractivity contribution < 1.29 is 9.47 Å². The molecule has 100 valence electrons. The van der Waals surface area contributed by atoms with Crippen molar-refractivity contribution in [2.24, 2.45) is 5.73 Å². The lowest BCUT2D eigenvalue weighted by Gasteiger charge is -2.28. The number of benzene rings is 1. The molecule has 0 spiro atoms. The number of fused-ring (bicyclic) bond motifs is 1. The van der Waals surface area contributed by atoms with E-state index in [2.05, 4.69) is 11.0 Å². The predicted octanol–water partition coefficient (Wildman–Crippen LogP) is 1.64. The monoisotopic (exact) mass is 250 g/mol. The van der Waals surface area contributed by atoms with Gasteiger partial charge in [-0.2, -0.15) is 0 Å². The lowest BCUT2D eigenvalue weighted by atomic mass is 10.2. The molecule has 18 heavy (non-hydrogen) atoms. The minimum atomic E-state index is 0.0844. The van der Waals surface area contributed by atoms with Gasteiger partial charge in [0.1, 0.15) is 5.75 Å². The molecule has 0 aliphatic carbocycles. The van der Waals surface area contributed by atoms with Gasteiger partial charge in [0.2, 0.25) is 0 Å². The van der Waals surface area contributed by atoms with Gasteiger partial charge < -0.3 is 20.1 Å². The third kappa shape index (κ3) is 3.15. The molecule has 0 saturated carbocycles. The maximum absolute atomic E-state index is 5.75. The number of nitrogens with zero attached hydrogens (tertiary/aromatic N) is 1. The molecular formula is C14H22N2O2. The van der Waals surface area contributed by atoms with Crippen molar-refractivity contribution in [1.29, 1.82) is 0 Å². The van der Waals surface area contributed by atoms with E-state index in [1.165, 1.54) is 0 Å². The summed E-state index contributed by atoms with van der Waals surface area (Å²) in [6.07, 6.45) is 1.11. The second-order valence-corrected chi connectivity index (χ2v) is 4.43. The fourth-order valence-corrected chi connectivity index (χ4v) is 2.26. The molecule has 2 N–H and O–H groups in total. The first-order chi connectivity index (χ1) is 8.85. The van der Waals surface area contributed by atoms with E-state index in [0.29, 0.717) is 13.2 Å². The van der Waals surface area contributed by atoms with Crippen LogP contribution in [0.2, 0.25) is 0 Å². The van der Waals surface area contributed by atoms with Crippen molar-refractivity contribution in [2.75, 3.05) is 37.7 Å². The van der Waals surface area contributed by atoms with E-state index in [-0.39, 0.29) is 6.10 Å². The summed E-state index contributed by atoms with van der Waals surface area (Å²) in [4.78, 5) is 2.32. The van der Waals surface area contributed by atoms with Gasteiger partial charge in [0.15, 0.2) is 0 Å². The third-order valence-electron chi connectivity index (χ3n) is 3.13. The Morgan fingerprint density at radius 2 is 2.28 bits per heavy atom. The number of para-hydroxylation sites is 2. The van der Waals surface area contributed by atoms with Gasteiger partial charge in [-0.3, -0.25) is 0 Å². The molecule has 1 aliphatic heterocycles. The molecule has 4 nitrogen and oxygen atoms in total. The van der Waals surface area contributed by atoms with E-state index in [9.17, 15) is 0 Å². The van der Waals surface area contributed by atoms with Crippen molar-refractivity contribution >= 4 is 5.69 Å². The van der Waals surface area contributed by atoms with Gasteiger partial charge in [0.05, 0.1) is 18.4 Å². The van der Waals surface area contributed by atoms with Crippen LogP contribution >= 0.6 is 0 Å². The number of hydrogen-bond acceptors (Lipinski definition) is 4. The Morgan fingerprint density at radius 1 is 1.44 bits per heavy atom. The molecule has 2 rings (SSSR count). The highest BCUT2D eigenvalue weighted by Crippen LogP contribution is 2.30. The molecular weight excluding hydrogens is 228 g/mol. The lowest BCUT2D eigenvalue weighted by molar-refractivity contribution is 0.0737. The summed E-state index contributed by atoms with van der Waals surface area (Å²) in [6, 6.07) is 8.16. The maximum Gasteiger partial charge on any atom is 0.142 e. The minimum Gasteiger partial charge on any atom is -0.491 e. The van der Waals surface area contributed by atoms with E-state index >= 15 is 0 Å². The average Bonchev–Trinajstić information content (AvgIpc) is 2.61. The molecule has 0 bridgehead atoms. The van der Waals surface area contributed by atoms with Gasteiger partial charge in [-0.15, -0.1) is 0 Å². The number of rotatable bonds is 5. The first-order valence-electron chi connectivity index (χ1n) is 6.63. The molecule has 1 unspecified atom stereocenters. The van der Waals surface area contributed by atoms with Crippen molar-refractivity contribution in [2.45, 2.75) is 19.4 Å². The van der Waals surface area contributed by atoms with Crippen LogP contribution in [0, 0.1) is 0 Å². The predicted molar refractivity (Wildman–Crippen MR) is 73.2 cm³/mol. The molecule has 0 fully saturated rings. The van der Waals surface area contributed by atoms with Crippen LogP contribution in [0.25, 0.3) is 0 Å². The molecule has 0 aromatic heterocycles. The maximum atomic E-state index is 5.75. The summed E-state index contributed by atoms with van der Waals surface area (Å²) < 4.78 is 11.4. The summed E-state index contributed by atoms with van der Waals surface area (Å²) in [5.74, 6) is 0.960. The van der Waals surface area contributed by atoms with E-state index < -0.39 is 0 Å². The normalized spacial score (nSPS) is 16.7. The standard InChI is InChI=1S/C14H22N2O2/c1-2-17-12(10-15)11-16-8-5-9-18-14-7-4-3-6-13(14)16/h3-4,6-7,12H,2,5,8-11,15H2,1H3. The van der Waals surface area contributed by atoms with Crippen molar-refractivity contribution in [3.8, 4) is 5.75 Å². The lowest BCUT2D eigenvalue weighted by Crippen LogP contribution is -2.38. The molecule has 1 atom stereocenters. The van der Waals surface area contributed by atoms with Gasteiger partial charge in [-0.25, -0.2) is 0 Å². The summed E-state index contributed by atoms with van der Waals surface area (Å²) in [5.41, 5.74) is 6.90. The van der Waals surface area contributed by atoms with Crippen LogP contribution in [-0.2, 0) is 4.74 Å². The highest BCUT2D eigenvalue weighted by atomic mass is 16.5. The van der Waals surface area contributed by atoms with Gasteiger partial charge in [-0.05, 0) is 25.5 Å². The number of nitrogens with two attached hydrogens (primary N) is 1. The van der Waals surface area contributed by atoms with E-state index in [1.54, 1.807) is 0 Å². The molecule has 0 radical (unpaired) electrons. The zero-order chi connectivity index (χ0) is 12.8. The summed E-state index contributed by atoms with van der Waals surface area (Å²) in [7, 11) is 0. The Morgan fingerprint density at radius 3 is 3.06 bits per heavy atom. The van der Waals surface area contributed by atoms with Crippen LogP contribution in [0.15, 0.2) is 24.3 Å². The van der Waals surface area contributed by atoms with Crippen LogP contribution in [0.5, 0.6) is 5.75 Å². The van der Waals surface area contributed by atoms with Crippen molar-refractivity contribution in [1.82, 2.24) is 0 Å². The zero-order valence-electron chi connectivity index (χ0n) is 11.0. The molecule has 1 aromatic rings. The average molecular weight is 250 g/mol. The first-order valence-corrected chi connectivity index (χ1v) is 6.63. The van der Waals surface area contributed by atoms with Gasteiger partial charge in [0, 0.05) is 26.2 Å². The molecule has 1 heterocycles. The summed E-state index contributed by atoms with van der Waals surface area (Å²) in [6.45, 7) is 5.84. The van der Waals surface area contributed by atoms with E-state index in [4.69, 9.17) is 15.2 Å². The highest BCUT2D eigenvalue weighted by molar-refractivity contribution is 5.59. The number of hydrogen-bond donors (Lipinski definition) is 1. The quantitative estimate of drug-likeness (QED) is 0.863. The second-order valence-electron chi connectivity index (χ2n) is 4.43. The second kappa shape index (κ2) is 6.61. The first kappa shape index (κ1) is 13.2. The van der Waals surface area contributed by atoms with Crippen LogP contribution < -0.4 is 15.4 Å². The highest BCUT2D eigenvalue weighted by Gasteiger charge is 2.19. The molecule has 1 aromatic carbocycles. The fourth-order valence-electron chi connectivity index (χ4n) is 2.26. The van der Waals surface area contributed by atoms with Crippen LogP contribution in [-0.4, -0.2) is 39.0 Å². The Bertz CT molecular complexity index is 371. The Hall–Kier alpha value is -1.26. The Balaban J connectivity index is 2.12. The smallest absolute Gasteiger partial charge is 0.142 e. The van der Waals surface area contributed by atoms with E-state index in [1.807, 2.05) is 25.1 Å². The summed E-state index contributed by atoms with van der Waals surface area (Å²) in [5, 5.41) is 0. The SMILES string of the molecule is CCOC(CN)CN1CCCOc2ccccc21. The molecule has 4 heteroatoms. The van der Waals surface area contributed by atoms with Gasteiger partial charge in [-0.1, -0.05) is 12.1 Å². The van der Waals surface area contributed by atoms with Gasteiger partial charge >= 0.3 is 0 Å². The Kier molecular flexibility index (Phi) is 4.84. The fraction of sp³-hybridized carbons (Fsp3) is 0.571. The molecule has 0 saturated heterocycles. The largest absolute Gasteiger partial charge is 0.491 e. The minimum absolute atomic E-state index is 0.0844. The van der Waals surface area contributed by atoms with Crippen LogP contribution in [0.4, 0.5) is 5.69 Å². The summed E-state index contributed by atoms with van der Waals surface area (Å²) >= 11 is 0. The van der Waals surface area contributed by atoms with Crippen molar-refractivity contribution in [3.05, 3.63) is 24.3 Å². The van der Waals surface area contributed by atoms with Gasteiger partial charge in [0.25, 0.3) is 0 Å². The van der Waals surface area contributed by atoms with Crippen molar-refractivity contribution in [3.63, 3.8) is 0 Å². The molecule has 1 aliphatic rings. The number of anilines is 1. The zero-order valence-corrected chi connectivity index (χ0v) is 11.0. The third-order valence-corrected chi connectivity index (χ3v) is 3.13. The number of ether oxygens (including phenoxy) is 2. The molecule has 0 amide bonds. The topological polar surface area (TPSA) is 47.7 Å². The van der Waals surface area contributed by atoms with Crippen LogP contribution in [0.3, 0.4) is 0 Å². The van der Waals surface area contributed by atoms with E-state index in [0.717, 1.165) is 37.6 Å². The van der Waals surface area contributed by atoms with Crippen LogP contribution in [0.1, 0.15) is 13.3 Å².